The fourth-order valence-corrected chi connectivity index (χ4v) is 2.56. The van der Waals surface area contributed by atoms with Crippen molar-refractivity contribution >= 4 is 57.0 Å². The lowest BCUT2D eigenvalue weighted by Gasteiger charge is -2.10. The quantitative estimate of drug-likeness (QED) is 0.744. The summed E-state index contributed by atoms with van der Waals surface area (Å²) in [5.74, 6) is -0.104. The number of hydrogen-bond donors (Lipinski definition) is 1. The summed E-state index contributed by atoms with van der Waals surface area (Å²) in [6.45, 7) is -0.255. The van der Waals surface area contributed by atoms with Crippen LogP contribution in [-0.2, 0) is 4.79 Å². The Labute approximate surface area is 145 Å². The van der Waals surface area contributed by atoms with Crippen LogP contribution in [0.2, 0.25) is 10.0 Å². The predicted octanol–water partition coefficient (Wildman–Crippen LogP) is 4.59. The van der Waals surface area contributed by atoms with Crippen molar-refractivity contribution in [1.29, 1.82) is 0 Å². The molecule has 0 saturated heterocycles. The summed E-state index contributed by atoms with van der Waals surface area (Å²) < 4.78 is 6.14. The molecule has 0 aliphatic heterocycles. The van der Waals surface area contributed by atoms with Crippen LogP contribution in [0, 0.1) is 0 Å². The number of ether oxygens (including phenoxy) is 1. The molecule has 0 heterocycles. The van der Waals surface area contributed by atoms with Crippen molar-refractivity contribution in [2.24, 2.45) is 0 Å². The third kappa shape index (κ3) is 4.47. The maximum absolute atomic E-state index is 11.9. The van der Waals surface area contributed by atoms with Gasteiger partial charge in [0.2, 0.25) is 0 Å². The predicted molar refractivity (Wildman–Crippen MR) is 90.1 cm³/mol. The molecule has 0 spiro atoms. The zero-order valence-electron chi connectivity index (χ0n) is 11.1. The first-order chi connectivity index (χ1) is 10.5. The molecule has 2 aromatic carbocycles. The van der Waals surface area contributed by atoms with Gasteiger partial charge in [0.15, 0.2) is 12.9 Å². The van der Waals surface area contributed by atoms with Crippen molar-refractivity contribution in [2.75, 3.05) is 11.9 Å². The zero-order chi connectivity index (χ0) is 16.1. The first-order valence-electron chi connectivity index (χ1n) is 6.12. The Kier molecular flexibility index (Phi) is 5.83. The topological polar surface area (TPSA) is 55.4 Å². The van der Waals surface area contributed by atoms with Crippen LogP contribution in [0.5, 0.6) is 5.75 Å². The summed E-state index contributed by atoms with van der Waals surface area (Å²) >= 11 is 15.1. The number of nitrogens with one attached hydrogen (secondary N) is 1. The third-order valence-electron chi connectivity index (χ3n) is 2.66. The molecular weight excluding hydrogens is 393 g/mol. The van der Waals surface area contributed by atoms with Crippen LogP contribution in [0.25, 0.3) is 0 Å². The Morgan fingerprint density at radius 3 is 2.68 bits per heavy atom. The molecule has 1 amide bonds. The smallest absolute Gasteiger partial charge is 0.262 e. The van der Waals surface area contributed by atoms with E-state index in [-0.39, 0.29) is 17.9 Å². The van der Waals surface area contributed by atoms with Crippen molar-refractivity contribution < 1.29 is 14.3 Å². The van der Waals surface area contributed by atoms with Crippen molar-refractivity contribution in [3.05, 3.63) is 56.5 Å². The largest absolute Gasteiger partial charge is 0.483 e. The van der Waals surface area contributed by atoms with Gasteiger partial charge in [0.05, 0.1) is 16.3 Å². The number of benzene rings is 2. The minimum absolute atomic E-state index is 0.255. The number of halogens is 3. The van der Waals surface area contributed by atoms with Gasteiger partial charge in [-0.2, -0.15) is 0 Å². The van der Waals surface area contributed by atoms with E-state index < -0.39 is 5.91 Å². The van der Waals surface area contributed by atoms with Gasteiger partial charge in [-0.25, -0.2) is 0 Å². The summed E-state index contributed by atoms with van der Waals surface area (Å²) in [7, 11) is 0. The molecule has 0 unspecified atom stereocenters. The SMILES string of the molecule is O=Cc1cc(Cl)ccc1OCC(=O)Nc1ccc(Br)cc1Cl. The number of amides is 1. The lowest BCUT2D eigenvalue weighted by molar-refractivity contribution is -0.118. The summed E-state index contributed by atoms with van der Waals surface area (Å²) in [6, 6.07) is 9.67. The summed E-state index contributed by atoms with van der Waals surface area (Å²) in [5, 5.41) is 3.45. The minimum Gasteiger partial charge on any atom is -0.483 e. The van der Waals surface area contributed by atoms with E-state index in [1.54, 1.807) is 24.3 Å². The highest BCUT2D eigenvalue weighted by Crippen LogP contribution is 2.26. The van der Waals surface area contributed by atoms with E-state index in [2.05, 4.69) is 21.2 Å². The van der Waals surface area contributed by atoms with E-state index in [1.807, 2.05) is 0 Å². The maximum Gasteiger partial charge on any atom is 0.262 e. The first-order valence-corrected chi connectivity index (χ1v) is 7.67. The van der Waals surface area contributed by atoms with E-state index in [0.717, 1.165) is 4.47 Å². The highest BCUT2D eigenvalue weighted by atomic mass is 79.9. The van der Waals surface area contributed by atoms with Gasteiger partial charge in [-0.15, -0.1) is 0 Å². The highest BCUT2D eigenvalue weighted by Gasteiger charge is 2.09. The van der Waals surface area contributed by atoms with Crippen LogP contribution in [0.4, 0.5) is 5.69 Å². The van der Waals surface area contributed by atoms with E-state index in [4.69, 9.17) is 27.9 Å². The number of anilines is 1. The molecule has 0 saturated carbocycles. The molecule has 2 rings (SSSR count). The molecule has 22 heavy (non-hydrogen) atoms. The lowest BCUT2D eigenvalue weighted by atomic mass is 10.2. The standard InChI is InChI=1S/C15H10BrCl2NO3/c16-10-1-3-13(12(18)6-10)19-15(21)8-22-14-4-2-11(17)5-9(14)7-20/h1-7H,8H2,(H,19,21). The van der Waals surface area contributed by atoms with Crippen LogP contribution in [0.15, 0.2) is 40.9 Å². The number of hydrogen-bond acceptors (Lipinski definition) is 3. The monoisotopic (exact) mass is 401 g/mol. The van der Waals surface area contributed by atoms with Gasteiger partial charge in [0, 0.05) is 9.50 Å². The molecule has 0 fully saturated rings. The summed E-state index contributed by atoms with van der Waals surface area (Å²) in [4.78, 5) is 22.8. The van der Waals surface area contributed by atoms with Crippen LogP contribution >= 0.6 is 39.1 Å². The van der Waals surface area contributed by atoms with Crippen molar-refractivity contribution in [2.45, 2.75) is 0 Å². The fourth-order valence-electron chi connectivity index (χ4n) is 1.66. The normalized spacial score (nSPS) is 10.1. The number of carbonyl (C=O) groups is 2. The number of carbonyl (C=O) groups excluding carboxylic acids is 2. The first kappa shape index (κ1) is 16.8. The molecule has 7 heteroatoms. The zero-order valence-corrected chi connectivity index (χ0v) is 14.2. The van der Waals surface area contributed by atoms with E-state index in [1.165, 1.54) is 12.1 Å². The van der Waals surface area contributed by atoms with Crippen molar-refractivity contribution in [3.63, 3.8) is 0 Å². The summed E-state index contributed by atoms with van der Waals surface area (Å²) in [6.07, 6.45) is 0.616. The van der Waals surface area contributed by atoms with E-state index >= 15 is 0 Å². The second-order valence-electron chi connectivity index (χ2n) is 4.26. The van der Waals surface area contributed by atoms with Crippen LogP contribution < -0.4 is 10.1 Å². The number of rotatable bonds is 5. The summed E-state index contributed by atoms with van der Waals surface area (Å²) in [5.41, 5.74) is 0.757. The van der Waals surface area contributed by atoms with E-state index in [9.17, 15) is 9.59 Å². The average Bonchev–Trinajstić information content (AvgIpc) is 2.48. The molecule has 4 nitrogen and oxygen atoms in total. The highest BCUT2D eigenvalue weighted by molar-refractivity contribution is 9.10. The molecule has 0 atom stereocenters. The second kappa shape index (κ2) is 7.63. The Hall–Kier alpha value is -1.56. The van der Waals surface area contributed by atoms with Crippen molar-refractivity contribution in [1.82, 2.24) is 0 Å². The molecule has 1 N–H and O–H groups in total. The fraction of sp³-hybridized carbons (Fsp3) is 0.0667. The Morgan fingerprint density at radius 2 is 2.00 bits per heavy atom. The van der Waals surface area contributed by atoms with Gasteiger partial charge in [-0.3, -0.25) is 9.59 Å². The lowest BCUT2D eigenvalue weighted by Crippen LogP contribution is -2.20. The molecule has 2 aromatic rings. The molecular formula is C15H10BrCl2NO3. The Morgan fingerprint density at radius 1 is 1.23 bits per heavy atom. The molecule has 0 aromatic heterocycles. The maximum atomic E-state index is 11.9. The van der Waals surface area contributed by atoms with Crippen molar-refractivity contribution in [3.8, 4) is 5.75 Å². The number of aldehydes is 1. The van der Waals surface area contributed by atoms with Gasteiger partial charge in [-0.05, 0) is 36.4 Å². The molecule has 0 aliphatic carbocycles. The van der Waals surface area contributed by atoms with Gasteiger partial charge in [0.25, 0.3) is 5.91 Å². The molecule has 0 aliphatic rings. The van der Waals surface area contributed by atoms with Crippen LogP contribution in [0.3, 0.4) is 0 Å². The second-order valence-corrected chi connectivity index (χ2v) is 6.02. The van der Waals surface area contributed by atoms with Gasteiger partial charge in [0.1, 0.15) is 5.75 Å². The minimum atomic E-state index is -0.393. The van der Waals surface area contributed by atoms with E-state index in [0.29, 0.717) is 22.0 Å². The van der Waals surface area contributed by atoms with Gasteiger partial charge < -0.3 is 10.1 Å². The molecule has 0 bridgehead atoms. The Balaban J connectivity index is 2.00. The van der Waals surface area contributed by atoms with Crippen LogP contribution in [-0.4, -0.2) is 18.8 Å². The Bertz CT molecular complexity index is 722. The van der Waals surface area contributed by atoms with Gasteiger partial charge in [-0.1, -0.05) is 39.1 Å². The molecule has 0 radical (unpaired) electrons. The average molecular weight is 403 g/mol. The van der Waals surface area contributed by atoms with Crippen LogP contribution in [0.1, 0.15) is 10.4 Å². The molecule has 114 valence electrons. The van der Waals surface area contributed by atoms with Gasteiger partial charge >= 0.3 is 0 Å². The third-order valence-corrected chi connectivity index (χ3v) is 3.70.